The van der Waals surface area contributed by atoms with Gasteiger partial charge >= 0.3 is 0 Å². The predicted molar refractivity (Wildman–Crippen MR) is 202 cm³/mol. The zero-order valence-electron chi connectivity index (χ0n) is 32.5. The fraction of sp³-hybridized carbons (Fsp3) is 0.667. The van der Waals surface area contributed by atoms with Crippen LogP contribution in [0.1, 0.15) is 78.4 Å². The van der Waals surface area contributed by atoms with Crippen LogP contribution in [-0.4, -0.2) is 66.5 Å². The van der Waals surface area contributed by atoms with E-state index in [1.54, 1.807) is 14.2 Å². The van der Waals surface area contributed by atoms with E-state index in [9.17, 15) is 0 Å². The molecule has 2 fully saturated rings. The first-order valence-corrected chi connectivity index (χ1v) is 21.6. The number of rotatable bonds is 15. The number of methoxy groups -OCH3 is 2. The lowest BCUT2D eigenvalue weighted by molar-refractivity contribution is -0.292. The standard InChI is InChI=1S/C42H64O7Si/c1-30-24-37(45-26-32-16-19-34(44-8)20-17-32)39(47-29-43-7)35-21-18-33(41(35,5)6)25-36(30)42(48-27-31-14-12-11-13-15-31)28-46-38(42)22-23-49-50(9,10)40(2,3)4/h11-17,19-20,25,30,35-39H,18,21-24,26-29H2,1-10H3/b33-25+/t30-,35+,36-,37+,38+,39+,42+/m0/s1. The highest BCUT2D eigenvalue weighted by atomic mass is 28.4. The van der Waals surface area contributed by atoms with Crippen LogP contribution in [0.25, 0.3) is 0 Å². The second-order valence-corrected chi connectivity index (χ2v) is 21.8. The van der Waals surface area contributed by atoms with Crippen molar-refractivity contribution < 1.29 is 32.8 Å². The topological polar surface area (TPSA) is 64.6 Å². The monoisotopic (exact) mass is 708 g/mol. The Labute approximate surface area is 303 Å². The molecule has 0 radical (unpaired) electrons. The second-order valence-electron chi connectivity index (χ2n) is 17.0. The number of benzene rings is 2. The summed E-state index contributed by atoms with van der Waals surface area (Å²) in [4.78, 5) is 0. The summed E-state index contributed by atoms with van der Waals surface area (Å²) in [6.45, 7) is 21.2. The molecule has 1 aliphatic heterocycles. The van der Waals surface area contributed by atoms with Crippen molar-refractivity contribution in [2.45, 2.75) is 122 Å². The van der Waals surface area contributed by atoms with Crippen LogP contribution in [0, 0.1) is 23.2 Å². The third-order valence-electron chi connectivity index (χ3n) is 12.5. The maximum atomic E-state index is 7.20. The van der Waals surface area contributed by atoms with Gasteiger partial charge in [0.15, 0.2) is 8.32 Å². The van der Waals surface area contributed by atoms with Crippen LogP contribution in [-0.2, 0) is 41.3 Å². The van der Waals surface area contributed by atoms with Crippen molar-refractivity contribution in [3.63, 3.8) is 0 Å². The Morgan fingerprint density at radius 3 is 2.24 bits per heavy atom. The molecule has 0 aromatic heterocycles. The van der Waals surface area contributed by atoms with Gasteiger partial charge in [0.2, 0.25) is 0 Å². The molecule has 0 amide bonds. The van der Waals surface area contributed by atoms with Crippen molar-refractivity contribution in [1.82, 2.24) is 0 Å². The highest BCUT2D eigenvalue weighted by Gasteiger charge is 2.58. The van der Waals surface area contributed by atoms with Crippen molar-refractivity contribution >= 4 is 8.32 Å². The summed E-state index contributed by atoms with van der Waals surface area (Å²) >= 11 is 0. The van der Waals surface area contributed by atoms with Crippen molar-refractivity contribution in [3.05, 3.63) is 77.4 Å². The molecule has 2 aliphatic carbocycles. The molecular formula is C42H64O7Si. The molecule has 8 heteroatoms. The molecule has 1 saturated carbocycles. The minimum absolute atomic E-state index is 0.0689. The van der Waals surface area contributed by atoms with Crippen LogP contribution in [0.2, 0.25) is 18.1 Å². The van der Waals surface area contributed by atoms with Gasteiger partial charge in [-0.15, -0.1) is 0 Å². The average molecular weight is 709 g/mol. The molecular weight excluding hydrogens is 645 g/mol. The largest absolute Gasteiger partial charge is 0.497 e. The predicted octanol–water partition coefficient (Wildman–Crippen LogP) is 9.35. The van der Waals surface area contributed by atoms with Gasteiger partial charge in [0.05, 0.1) is 45.2 Å². The third-order valence-corrected chi connectivity index (χ3v) is 17.0. The first-order chi connectivity index (χ1) is 23.7. The van der Waals surface area contributed by atoms with Crippen LogP contribution in [0.15, 0.2) is 66.2 Å². The number of ether oxygens (including phenoxy) is 6. The second kappa shape index (κ2) is 16.3. The van der Waals surface area contributed by atoms with E-state index in [0.717, 1.165) is 37.0 Å². The maximum Gasteiger partial charge on any atom is 0.191 e. The maximum absolute atomic E-state index is 7.20. The Kier molecular flexibility index (Phi) is 12.8. The third kappa shape index (κ3) is 8.59. The van der Waals surface area contributed by atoms with Gasteiger partial charge in [-0.1, -0.05) is 95.7 Å². The number of fused-ring (bicyclic) bond motifs is 2. The van der Waals surface area contributed by atoms with E-state index in [1.165, 1.54) is 11.1 Å². The molecule has 1 heterocycles. The van der Waals surface area contributed by atoms with E-state index >= 15 is 0 Å². The van der Waals surface area contributed by atoms with Gasteiger partial charge in [-0.2, -0.15) is 0 Å². The molecule has 2 aromatic rings. The summed E-state index contributed by atoms with van der Waals surface area (Å²) in [7, 11) is 1.48. The summed E-state index contributed by atoms with van der Waals surface area (Å²) < 4.78 is 44.8. The zero-order valence-corrected chi connectivity index (χ0v) is 33.5. The molecule has 7 atom stereocenters. The SMILES string of the molecule is COCO[C@@H]1[C@H]2CC/C(=C\[C@H]([C@]3(OCc4ccccc4)CO[C@@H]3CCO[Si](C)(C)C(C)(C)C)[C@@H](C)C[C@H]1OCc1ccc(OC)cc1)C2(C)C. The normalized spacial score (nSPS) is 30.8. The molecule has 3 aliphatic rings. The lowest BCUT2D eigenvalue weighted by atomic mass is 9.69. The zero-order chi connectivity index (χ0) is 36.2. The van der Waals surface area contributed by atoms with Gasteiger partial charge < -0.3 is 32.8 Å². The Morgan fingerprint density at radius 1 is 0.920 bits per heavy atom. The molecule has 7 nitrogen and oxygen atoms in total. The van der Waals surface area contributed by atoms with E-state index in [-0.39, 0.29) is 47.4 Å². The van der Waals surface area contributed by atoms with Crippen LogP contribution in [0.3, 0.4) is 0 Å². The molecule has 1 saturated heterocycles. The van der Waals surface area contributed by atoms with Gasteiger partial charge in [0.25, 0.3) is 0 Å². The molecule has 278 valence electrons. The van der Waals surface area contributed by atoms with Crippen molar-refractivity contribution in [1.29, 1.82) is 0 Å². The van der Waals surface area contributed by atoms with Crippen molar-refractivity contribution in [3.8, 4) is 5.75 Å². The fourth-order valence-electron chi connectivity index (χ4n) is 8.14. The summed E-state index contributed by atoms with van der Waals surface area (Å²) in [5, 5.41) is 0.151. The van der Waals surface area contributed by atoms with E-state index in [0.29, 0.717) is 32.3 Å². The summed E-state index contributed by atoms with van der Waals surface area (Å²) in [5.74, 6) is 1.49. The Hall–Kier alpha value is -2.04. The van der Waals surface area contributed by atoms with Gasteiger partial charge in [0.1, 0.15) is 18.1 Å². The Balaban J connectivity index is 1.48. The number of hydrogen-bond donors (Lipinski definition) is 0. The molecule has 2 aromatic carbocycles. The molecule has 0 unspecified atom stereocenters. The van der Waals surface area contributed by atoms with Crippen LogP contribution in [0.5, 0.6) is 5.75 Å². The first-order valence-electron chi connectivity index (χ1n) is 18.7. The lowest BCUT2D eigenvalue weighted by Gasteiger charge is -2.54. The minimum atomic E-state index is -1.91. The minimum Gasteiger partial charge on any atom is -0.497 e. The van der Waals surface area contributed by atoms with E-state index in [4.69, 9.17) is 32.8 Å². The van der Waals surface area contributed by atoms with E-state index < -0.39 is 13.9 Å². The molecule has 2 bridgehead atoms. The molecule has 50 heavy (non-hydrogen) atoms. The van der Waals surface area contributed by atoms with Gasteiger partial charge in [-0.25, -0.2) is 0 Å². The highest BCUT2D eigenvalue weighted by molar-refractivity contribution is 6.74. The lowest BCUT2D eigenvalue weighted by Crippen LogP contribution is -2.65. The summed E-state index contributed by atoms with van der Waals surface area (Å²) in [6.07, 6.45) is 6.00. The van der Waals surface area contributed by atoms with E-state index in [2.05, 4.69) is 103 Å². The first kappa shape index (κ1) is 39.2. The van der Waals surface area contributed by atoms with Crippen LogP contribution in [0.4, 0.5) is 0 Å². The molecule has 0 spiro atoms. The molecule has 0 N–H and O–H groups in total. The smallest absolute Gasteiger partial charge is 0.191 e. The van der Waals surface area contributed by atoms with Crippen molar-refractivity contribution in [2.24, 2.45) is 23.2 Å². The Bertz CT molecular complexity index is 1390. The highest BCUT2D eigenvalue weighted by Crippen LogP contribution is 2.55. The summed E-state index contributed by atoms with van der Waals surface area (Å²) in [5.41, 5.74) is 3.22. The van der Waals surface area contributed by atoms with E-state index in [1.807, 2.05) is 12.1 Å². The van der Waals surface area contributed by atoms with Gasteiger partial charge in [-0.3, -0.25) is 0 Å². The molecule has 5 rings (SSSR count). The van der Waals surface area contributed by atoms with Crippen LogP contribution >= 0.6 is 0 Å². The fourth-order valence-corrected chi connectivity index (χ4v) is 9.20. The Morgan fingerprint density at radius 2 is 1.62 bits per heavy atom. The van der Waals surface area contributed by atoms with Gasteiger partial charge in [-0.05, 0) is 84.3 Å². The quantitative estimate of drug-likeness (QED) is 0.104. The summed E-state index contributed by atoms with van der Waals surface area (Å²) in [6, 6.07) is 18.7. The van der Waals surface area contributed by atoms with Crippen LogP contribution < -0.4 is 4.74 Å². The average Bonchev–Trinajstić information content (AvgIpc) is 3.38. The number of allylic oxidation sites excluding steroid dienone is 1. The van der Waals surface area contributed by atoms with Crippen molar-refractivity contribution in [2.75, 3.05) is 34.2 Å². The van der Waals surface area contributed by atoms with Gasteiger partial charge in [0, 0.05) is 19.6 Å². The number of hydrogen-bond acceptors (Lipinski definition) is 7.